The normalized spacial score (nSPS) is 14.6. The molecule has 0 unspecified atom stereocenters. The molecule has 1 saturated heterocycles. The average Bonchev–Trinajstić information content (AvgIpc) is 3.32. The van der Waals surface area contributed by atoms with Crippen LogP contribution in [0, 0.1) is 6.92 Å². The number of fused-ring (bicyclic) bond motifs is 1. The summed E-state index contributed by atoms with van der Waals surface area (Å²) in [5.41, 5.74) is 3.16. The van der Waals surface area contributed by atoms with Crippen molar-refractivity contribution in [3.05, 3.63) is 52.9 Å². The Kier molecular flexibility index (Phi) is 6.98. The lowest BCUT2D eigenvalue weighted by Crippen LogP contribution is -2.26. The molecule has 1 fully saturated rings. The first-order valence-electron chi connectivity index (χ1n) is 11.2. The number of hydrogen-bond donors (Lipinski definition) is 1. The SMILES string of the molecule is COc1ncc(-c2cc(OC3CCOCC3)c3ncnc(C)c3c2)cc1NS(=O)(=O)c1ccc(Cl)s1. The zero-order valence-corrected chi connectivity index (χ0v) is 21.9. The molecule has 0 aliphatic carbocycles. The molecule has 0 bridgehead atoms. The molecule has 1 aromatic carbocycles. The van der Waals surface area contributed by atoms with Crippen molar-refractivity contribution in [3.63, 3.8) is 0 Å². The summed E-state index contributed by atoms with van der Waals surface area (Å²) in [6.07, 6.45) is 4.74. The van der Waals surface area contributed by atoms with Gasteiger partial charge >= 0.3 is 0 Å². The van der Waals surface area contributed by atoms with Crippen LogP contribution in [0.1, 0.15) is 18.5 Å². The third kappa shape index (κ3) is 5.10. The zero-order valence-electron chi connectivity index (χ0n) is 19.5. The number of benzene rings is 1. The van der Waals surface area contributed by atoms with E-state index >= 15 is 0 Å². The monoisotopic (exact) mass is 546 g/mol. The second kappa shape index (κ2) is 10.2. The van der Waals surface area contributed by atoms with Gasteiger partial charge < -0.3 is 14.2 Å². The van der Waals surface area contributed by atoms with Crippen LogP contribution in [0.2, 0.25) is 4.34 Å². The second-order valence-electron chi connectivity index (χ2n) is 8.20. The van der Waals surface area contributed by atoms with Gasteiger partial charge in [0.25, 0.3) is 10.0 Å². The molecule has 1 N–H and O–H groups in total. The number of hydrogen-bond acceptors (Lipinski definition) is 9. The standard InChI is InChI=1S/C24H23ClN4O5S2/c1-14-18-9-15(11-20(23(18)28-13-27-14)34-17-5-7-33-8-6-17)16-10-19(24(32-2)26-12-16)29-36(30,31)22-4-3-21(25)35-22/h3-4,9-13,17,29H,5-8H2,1-2H3. The highest BCUT2D eigenvalue weighted by Crippen LogP contribution is 2.37. The van der Waals surface area contributed by atoms with E-state index < -0.39 is 10.0 Å². The fourth-order valence-corrected chi connectivity index (χ4v) is 6.50. The molecular formula is C24H23ClN4O5S2. The van der Waals surface area contributed by atoms with Crippen LogP contribution in [0.15, 0.2) is 47.1 Å². The van der Waals surface area contributed by atoms with Crippen molar-refractivity contribution < 1.29 is 22.6 Å². The lowest BCUT2D eigenvalue weighted by atomic mass is 10.0. The maximum absolute atomic E-state index is 12.9. The van der Waals surface area contributed by atoms with Crippen molar-refractivity contribution in [2.24, 2.45) is 0 Å². The summed E-state index contributed by atoms with van der Waals surface area (Å²) < 4.78 is 46.0. The van der Waals surface area contributed by atoms with Crippen LogP contribution in [-0.4, -0.2) is 49.8 Å². The van der Waals surface area contributed by atoms with Gasteiger partial charge in [0.05, 0.1) is 24.7 Å². The number of nitrogens with one attached hydrogen (secondary N) is 1. The van der Waals surface area contributed by atoms with Crippen molar-refractivity contribution in [2.45, 2.75) is 30.1 Å². The lowest BCUT2D eigenvalue weighted by molar-refractivity contribution is 0.0261. The highest BCUT2D eigenvalue weighted by molar-refractivity contribution is 7.94. The van der Waals surface area contributed by atoms with E-state index in [-0.39, 0.29) is 21.9 Å². The van der Waals surface area contributed by atoms with Crippen molar-refractivity contribution in [1.82, 2.24) is 15.0 Å². The number of sulfonamides is 1. The molecule has 3 aromatic heterocycles. The average molecular weight is 547 g/mol. The molecule has 1 aliphatic rings. The zero-order chi connectivity index (χ0) is 25.3. The van der Waals surface area contributed by atoms with Gasteiger partial charge in [0.1, 0.15) is 33.6 Å². The molecule has 1 aliphatic heterocycles. The van der Waals surface area contributed by atoms with Crippen molar-refractivity contribution in [2.75, 3.05) is 25.0 Å². The highest BCUT2D eigenvalue weighted by atomic mass is 35.5. The molecule has 188 valence electrons. The van der Waals surface area contributed by atoms with Crippen LogP contribution in [0.25, 0.3) is 22.0 Å². The predicted octanol–water partition coefficient (Wildman–Crippen LogP) is 5.08. The molecular weight excluding hydrogens is 524 g/mol. The first kappa shape index (κ1) is 24.7. The van der Waals surface area contributed by atoms with Crippen LogP contribution in [0.4, 0.5) is 5.69 Å². The molecule has 0 radical (unpaired) electrons. The van der Waals surface area contributed by atoms with Gasteiger partial charge in [-0.3, -0.25) is 4.72 Å². The number of anilines is 1. The fraction of sp³-hybridized carbons (Fsp3) is 0.292. The Bertz CT molecular complexity index is 1520. The lowest BCUT2D eigenvalue weighted by Gasteiger charge is -2.24. The number of aryl methyl sites for hydroxylation is 1. The molecule has 9 nitrogen and oxygen atoms in total. The number of aromatic nitrogens is 3. The molecule has 4 heterocycles. The summed E-state index contributed by atoms with van der Waals surface area (Å²) in [5.74, 6) is 0.773. The van der Waals surface area contributed by atoms with Gasteiger partial charge in [0, 0.05) is 35.7 Å². The molecule has 0 saturated carbocycles. The van der Waals surface area contributed by atoms with Crippen LogP contribution in [0.3, 0.4) is 0 Å². The third-order valence-electron chi connectivity index (χ3n) is 5.80. The number of pyridine rings is 1. The quantitative estimate of drug-likeness (QED) is 0.341. The minimum Gasteiger partial charge on any atom is -0.488 e. The van der Waals surface area contributed by atoms with Gasteiger partial charge in [-0.15, -0.1) is 11.3 Å². The predicted molar refractivity (Wildman–Crippen MR) is 139 cm³/mol. The topological polar surface area (TPSA) is 113 Å². The molecule has 5 rings (SSSR count). The molecule has 12 heteroatoms. The Morgan fingerprint density at radius 2 is 1.92 bits per heavy atom. The summed E-state index contributed by atoms with van der Waals surface area (Å²) in [4.78, 5) is 13.1. The van der Waals surface area contributed by atoms with Gasteiger partial charge in [-0.05, 0) is 42.8 Å². The van der Waals surface area contributed by atoms with E-state index in [0.29, 0.717) is 28.9 Å². The Morgan fingerprint density at radius 1 is 1.11 bits per heavy atom. The van der Waals surface area contributed by atoms with E-state index in [9.17, 15) is 8.42 Å². The van der Waals surface area contributed by atoms with E-state index in [4.69, 9.17) is 25.8 Å². The Balaban J connectivity index is 1.57. The Labute approximate surface area is 217 Å². The van der Waals surface area contributed by atoms with E-state index in [0.717, 1.165) is 46.3 Å². The summed E-state index contributed by atoms with van der Waals surface area (Å²) in [7, 11) is -2.46. The minimum atomic E-state index is -3.89. The van der Waals surface area contributed by atoms with Gasteiger partial charge in [-0.1, -0.05) is 11.6 Å². The maximum atomic E-state index is 12.9. The molecule has 0 amide bonds. The number of halogens is 1. The summed E-state index contributed by atoms with van der Waals surface area (Å²) in [6.45, 7) is 3.21. The van der Waals surface area contributed by atoms with Crippen molar-refractivity contribution in [3.8, 4) is 22.8 Å². The van der Waals surface area contributed by atoms with Gasteiger partial charge in [-0.2, -0.15) is 0 Å². The Morgan fingerprint density at radius 3 is 2.64 bits per heavy atom. The van der Waals surface area contributed by atoms with E-state index in [2.05, 4.69) is 19.7 Å². The number of ether oxygens (including phenoxy) is 3. The summed E-state index contributed by atoms with van der Waals surface area (Å²) in [5, 5.41) is 0.836. The van der Waals surface area contributed by atoms with E-state index in [1.165, 1.54) is 25.6 Å². The second-order valence-corrected chi connectivity index (χ2v) is 11.8. The van der Waals surface area contributed by atoms with Crippen LogP contribution in [-0.2, 0) is 14.8 Å². The first-order valence-corrected chi connectivity index (χ1v) is 13.8. The highest BCUT2D eigenvalue weighted by Gasteiger charge is 2.22. The smallest absolute Gasteiger partial charge is 0.271 e. The number of nitrogens with zero attached hydrogens (tertiary/aromatic N) is 3. The summed E-state index contributed by atoms with van der Waals surface area (Å²) in [6, 6.07) is 8.50. The van der Waals surface area contributed by atoms with Gasteiger partial charge in [-0.25, -0.2) is 23.4 Å². The largest absolute Gasteiger partial charge is 0.488 e. The maximum Gasteiger partial charge on any atom is 0.271 e. The molecule has 0 atom stereocenters. The number of methoxy groups -OCH3 is 1. The summed E-state index contributed by atoms with van der Waals surface area (Å²) >= 11 is 6.90. The van der Waals surface area contributed by atoms with Crippen LogP contribution in [0.5, 0.6) is 11.6 Å². The van der Waals surface area contributed by atoms with Crippen molar-refractivity contribution in [1.29, 1.82) is 0 Å². The van der Waals surface area contributed by atoms with E-state index in [1.54, 1.807) is 12.3 Å². The molecule has 36 heavy (non-hydrogen) atoms. The number of thiophene rings is 1. The third-order valence-corrected chi connectivity index (χ3v) is 8.89. The molecule has 4 aromatic rings. The van der Waals surface area contributed by atoms with Crippen LogP contribution < -0.4 is 14.2 Å². The van der Waals surface area contributed by atoms with Gasteiger partial charge in [0.2, 0.25) is 5.88 Å². The first-order chi connectivity index (χ1) is 17.3. The van der Waals surface area contributed by atoms with Crippen LogP contribution >= 0.6 is 22.9 Å². The fourth-order valence-electron chi connectivity index (χ4n) is 3.97. The Hall–Kier alpha value is -2.99. The minimum absolute atomic E-state index is 0.0152. The van der Waals surface area contributed by atoms with Crippen molar-refractivity contribution >= 4 is 49.6 Å². The molecule has 0 spiro atoms. The van der Waals surface area contributed by atoms with Gasteiger partial charge in [0.15, 0.2) is 0 Å². The number of rotatable bonds is 7. The van der Waals surface area contributed by atoms with E-state index in [1.807, 2.05) is 19.1 Å².